The van der Waals surface area contributed by atoms with Crippen molar-refractivity contribution in [1.29, 1.82) is 0 Å². The molecule has 0 aliphatic carbocycles. The average Bonchev–Trinajstić information content (AvgIpc) is 2.17. The molecular weight excluding hydrogens is 254 g/mol. The molecule has 0 spiro atoms. The summed E-state index contributed by atoms with van der Waals surface area (Å²) in [5.74, 6) is -1.46. The molecule has 0 radical (unpaired) electrons. The number of carboxylic acids is 1. The molecule has 0 saturated carbocycles. The van der Waals surface area contributed by atoms with Crippen LogP contribution in [-0.4, -0.2) is 32.3 Å². The first-order valence-electron chi connectivity index (χ1n) is 4.26. The zero-order valence-corrected chi connectivity index (χ0v) is 9.96. The molecule has 0 unspecified atom stereocenters. The molecule has 0 aromatic heterocycles. The van der Waals surface area contributed by atoms with Crippen molar-refractivity contribution >= 4 is 27.6 Å². The Labute approximate surface area is 98.3 Å². The van der Waals surface area contributed by atoms with E-state index >= 15 is 0 Å². The van der Waals surface area contributed by atoms with Gasteiger partial charge in [-0.05, 0) is 24.3 Å². The smallest absolute Gasteiger partial charge is 0.243 e. The third-order valence-electron chi connectivity index (χ3n) is 1.87. The van der Waals surface area contributed by atoms with Gasteiger partial charge in [0.15, 0.2) is 0 Å². The van der Waals surface area contributed by atoms with Crippen LogP contribution in [0.15, 0.2) is 29.2 Å². The quantitative estimate of drug-likeness (QED) is 0.747. The summed E-state index contributed by atoms with van der Waals surface area (Å²) in [4.78, 5) is 10.3. The third kappa shape index (κ3) is 2.94. The van der Waals surface area contributed by atoms with Gasteiger partial charge in [-0.2, -0.15) is 4.31 Å². The van der Waals surface area contributed by atoms with Crippen molar-refractivity contribution in [1.82, 2.24) is 4.31 Å². The standard InChI is InChI=1S/C9H10ClNO4S/c1-11(6-9(12)13)16(14,15)8-4-2-7(10)3-5-8/h2-5H,6H2,1H3,(H,12,13)/p-1. The van der Waals surface area contributed by atoms with Crippen LogP contribution in [0, 0.1) is 0 Å². The molecule has 0 fully saturated rings. The molecule has 0 bridgehead atoms. The van der Waals surface area contributed by atoms with E-state index in [1.807, 2.05) is 0 Å². The van der Waals surface area contributed by atoms with Gasteiger partial charge in [0.1, 0.15) is 0 Å². The van der Waals surface area contributed by atoms with Gasteiger partial charge < -0.3 is 9.90 Å². The number of hydrogen-bond donors (Lipinski definition) is 0. The number of nitrogens with zero attached hydrogens (tertiary/aromatic N) is 1. The highest BCUT2D eigenvalue weighted by molar-refractivity contribution is 7.89. The molecule has 7 heteroatoms. The monoisotopic (exact) mass is 262 g/mol. The molecular formula is C9H9ClNO4S-. The van der Waals surface area contributed by atoms with E-state index in [9.17, 15) is 18.3 Å². The molecule has 0 amide bonds. The molecule has 1 rings (SSSR count). The summed E-state index contributed by atoms with van der Waals surface area (Å²) in [7, 11) is -2.63. The summed E-state index contributed by atoms with van der Waals surface area (Å²) in [6, 6.07) is 5.45. The number of carboxylic acid groups (broad SMARTS) is 1. The van der Waals surface area contributed by atoms with E-state index in [1.165, 1.54) is 31.3 Å². The van der Waals surface area contributed by atoms with Gasteiger partial charge in [0.25, 0.3) is 0 Å². The Morgan fingerprint density at radius 3 is 2.31 bits per heavy atom. The van der Waals surface area contributed by atoms with Crippen molar-refractivity contribution in [2.45, 2.75) is 4.90 Å². The summed E-state index contributed by atoms with van der Waals surface area (Å²) < 4.78 is 24.2. The molecule has 0 atom stereocenters. The van der Waals surface area contributed by atoms with Crippen molar-refractivity contribution in [3.8, 4) is 0 Å². The van der Waals surface area contributed by atoms with Crippen molar-refractivity contribution < 1.29 is 18.3 Å². The van der Waals surface area contributed by atoms with Gasteiger partial charge in [-0.1, -0.05) is 11.6 Å². The molecule has 0 saturated heterocycles. The van der Waals surface area contributed by atoms with E-state index in [-0.39, 0.29) is 4.90 Å². The van der Waals surface area contributed by atoms with Crippen molar-refractivity contribution in [2.24, 2.45) is 0 Å². The zero-order chi connectivity index (χ0) is 12.3. The first-order valence-corrected chi connectivity index (χ1v) is 6.07. The number of halogens is 1. The summed E-state index contributed by atoms with van der Waals surface area (Å²) in [6.07, 6.45) is 0. The Bertz CT molecular complexity index is 483. The number of carbonyl (C=O) groups is 1. The number of hydrogen-bond acceptors (Lipinski definition) is 4. The van der Waals surface area contributed by atoms with Gasteiger partial charge >= 0.3 is 0 Å². The highest BCUT2D eigenvalue weighted by atomic mass is 35.5. The minimum atomic E-state index is -3.80. The average molecular weight is 263 g/mol. The fourth-order valence-electron chi connectivity index (χ4n) is 1.05. The zero-order valence-electron chi connectivity index (χ0n) is 8.38. The summed E-state index contributed by atoms with van der Waals surface area (Å²) in [5, 5.41) is 10.7. The Kier molecular flexibility index (Phi) is 3.90. The van der Waals surface area contributed by atoms with Crippen LogP contribution in [0.1, 0.15) is 0 Å². The van der Waals surface area contributed by atoms with Crippen molar-refractivity contribution in [2.75, 3.05) is 13.6 Å². The maximum absolute atomic E-state index is 11.8. The summed E-state index contributed by atoms with van der Waals surface area (Å²) in [5.41, 5.74) is 0. The Morgan fingerprint density at radius 2 is 1.88 bits per heavy atom. The molecule has 88 valence electrons. The SMILES string of the molecule is CN(CC(=O)[O-])S(=O)(=O)c1ccc(Cl)cc1. The van der Waals surface area contributed by atoms with Crippen LogP contribution >= 0.6 is 11.6 Å². The lowest BCUT2D eigenvalue weighted by molar-refractivity contribution is -0.305. The fourth-order valence-corrected chi connectivity index (χ4v) is 2.29. The van der Waals surface area contributed by atoms with Crippen LogP contribution in [0.25, 0.3) is 0 Å². The predicted molar refractivity (Wildman–Crippen MR) is 56.3 cm³/mol. The van der Waals surface area contributed by atoms with E-state index in [4.69, 9.17) is 11.6 Å². The van der Waals surface area contributed by atoms with Crippen LogP contribution in [0.5, 0.6) is 0 Å². The van der Waals surface area contributed by atoms with Gasteiger partial charge in [0.2, 0.25) is 10.0 Å². The van der Waals surface area contributed by atoms with Crippen molar-refractivity contribution in [3.63, 3.8) is 0 Å². The van der Waals surface area contributed by atoms with Crippen LogP contribution in [-0.2, 0) is 14.8 Å². The Morgan fingerprint density at radius 1 is 1.38 bits per heavy atom. The second kappa shape index (κ2) is 4.82. The first kappa shape index (κ1) is 13.0. The number of aliphatic carboxylic acids is 1. The van der Waals surface area contributed by atoms with Gasteiger partial charge in [0.05, 0.1) is 17.4 Å². The minimum Gasteiger partial charge on any atom is -0.549 e. The number of likely N-dealkylation sites (N-methyl/N-ethyl adjacent to an activating group) is 1. The molecule has 5 nitrogen and oxygen atoms in total. The topological polar surface area (TPSA) is 77.5 Å². The molecule has 0 aliphatic heterocycles. The van der Waals surface area contributed by atoms with Crippen LogP contribution < -0.4 is 5.11 Å². The van der Waals surface area contributed by atoms with E-state index in [1.54, 1.807) is 0 Å². The second-order valence-corrected chi connectivity index (χ2v) is 5.57. The molecule has 1 aromatic carbocycles. The largest absolute Gasteiger partial charge is 0.549 e. The number of sulfonamides is 1. The van der Waals surface area contributed by atoms with E-state index in [2.05, 4.69) is 0 Å². The van der Waals surface area contributed by atoms with Crippen molar-refractivity contribution in [3.05, 3.63) is 29.3 Å². The molecule has 1 aromatic rings. The molecule has 16 heavy (non-hydrogen) atoms. The summed E-state index contributed by atoms with van der Waals surface area (Å²) in [6.45, 7) is -0.690. The second-order valence-electron chi connectivity index (χ2n) is 3.09. The highest BCUT2D eigenvalue weighted by Gasteiger charge is 2.20. The number of carbonyl (C=O) groups excluding carboxylic acids is 1. The fraction of sp³-hybridized carbons (Fsp3) is 0.222. The Hall–Kier alpha value is -1.11. The van der Waals surface area contributed by atoms with Gasteiger partial charge in [-0.3, -0.25) is 0 Å². The Balaban J connectivity index is 3.02. The summed E-state index contributed by atoms with van der Waals surface area (Å²) >= 11 is 5.61. The van der Waals surface area contributed by atoms with Gasteiger partial charge in [-0.15, -0.1) is 0 Å². The number of benzene rings is 1. The third-order valence-corrected chi connectivity index (χ3v) is 3.94. The molecule has 0 N–H and O–H groups in total. The maximum atomic E-state index is 11.8. The van der Waals surface area contributed by atoms with E-state index in [0.717, 1.165) is 0 Å². The van der Waals surface area contributed by atoms with Crippen LogP contribution in [0.3, 0.4) is 0 Å². The van der Waals surface area contributed by atoms with Gasteiger partial charge in [-0.25, -0.2) is 8.42 Å². The number of rotatable bonds is 4. The van der Waals surface area contributed by atoms with Crippen LogP contribution in [0.4, 0.5) is 0 Å². The maximum Gasteiger partial charge on any atom is 0.243 e. The normalized spacial score (nSPS) is 11.7. The van der Waals surface area contributed by atoms with E-state index < -0.39 is 22.5 Å². The van der Waals surface area contributed by atoms with Gasteiger partial charge in [0, 0.05) is 12.1 Å². The van der Waals surface area contributed by atoms with Crippen LogP contribution in [0.2, 0.25) is 5.02 Å². The lowest BCUT2D eigenvalue weighted by atomic mass is 10.4. The molecule has 0 heterocycles. The lowest BCUT2D eigenvalue weighted by Crippen LogP contribution is -2.39. The van der Waals surface area contributed by atoms with E-state index in [0.29, 0.717) is 9.33 Å². The minimum absolute atomic E-state index is 0.0133. The highest BCUT2D eigenvalue weighted by Crippen LogP contribution is 2.16. The first-order chi connectivity index (χ1) is 7.34. The predicted octanol–water partition coefficient (Wildman–Crippen LogP) is -0.290. The lowest BCUT2D eigenvalue weighted by Gasteiger charge is -2.17. The molecule has 0 aliphatic rings.